The minimum Gasteiger partial charge on any atom is -0.365 e. The molecule has 2 aliphatic carbocycles. The molecule has 5 rings (SSSR count). The Morgan fingerprint density at radius 2 is 1.88 bits per heavy atom. The zero-order valence-electron chi connectivity index (χ0n) is 19.4. The maximum absolute atomic E-state index is 14.1. The third-order valence-corrected chi connectivity index (χ3v) is 7.83. The molecular weight excluding hydrogens is 448 g/mol. The average molecular weight is 479 g/mol. The van der Waals surface area contributed by atoms with Crippen LogP contribution in [-0.4, -0.2) is 63.9 Å². The van der Waals surface area contributed by atoms with Gasteiger partial charge < -0.3 is 5.11 Å². The number of nitrogens with zero attached hydrogens (tertiary/aromatic N) is 4. The number of hydrogen-bond acceptors (Lipinski definition) is 5. The van der Waals surface area contributed by atoms with E-state index >= 15 is 0 Å². The van der Waals surface area contributed by atoms with Crippen LogP contribution in [0.5, 0.6) is 0 Å². The standard InChI is InChI=1S/C25H30F4N4O/c1-31(2)24(19-4-3-5-20(26)10-19)14-23(15-24)16-32(22(34)33(23)13-17-6-7-17)12-18-8-9-21(30-11-18)25(27,28)29/h3-5,8-11,17,22,34H,6-7,12-16H2,1-2H3. The molecule has 3 fully saturated rings. The van der Waals surface area contributed by atoms with Crippen LogP contribution in [0.4, 0.5) is 17.6 Å². The van der Waals surface area contributed by atoms with Gasteiger partial charge in [0.1, 0.15) is 11.5 Å². The molecule has 9 heteroatoms. The lowest BCUT2D eigenvalue weighted by molar-refractivity contribution is -0.141. The molecule has 2 heterocycles. The summed E-state index contributed by atoms with van der Waals surface area (Å²) in [4.78, 5) is 9.79. The fraction of sp³-hybridized carbons (Fsp3) is 0.560. The Labute approximate surface area is 197 Å². The van der Waals surface area contributed by atoms with Crippen LogP contribution in [0.1, 0.15) is 42.5 Å². The first kappa shape index (κ1) is 23.7. The second kappa shape index (κ2) is 8.26. The fourth-order valence-electron chi connectivity index (χ4n) is 5.83. The number of benzene rings is 1. The Balaban J connectivity index is 1.39. The quantitative estimate of drug-likeness (QED) is 0.635. The van der Waals surface area contributed by atoms with Crippen molar-refractivity contribution in [3.63, 3.8) is 0 Å². The van der Waals surface area contributed by atoms with Crippen LogP contribution < -0.4 is 0 Å². The molecule has 1 spiro atoms. The Morgan fingerprint density at radius 3 is 2.44 bits per heavy atom. The lowest BCUT2D eigenvalue weighted by Crippen LogP contribution is -2.68. The van der Waals surface area contributed by atoms with Crippen LogP contribution in [0, 0.1) is 11.7 Å². The lowest BCUT2D eigenvalue weighted by Gasteiger charge is -2.61. The van der Waals surface area contributed by atoms with E-state index in [4.69, 9.17) is 0 Å². The van der Waals surface area contributed by atoms with Crippen LogP contribution in [0.15, 0.2) is 42.6 Å². The highest BCUT2D eigenvalue weighted by molar-refractivity contribution is 5.34. The van der Waals surface area contributed by atoms with Gasteiger partial charge in [-0.2, -0.15) is 13.2 Å². The molecule has 1 unspecified atom stereocenters. The molecule has 2 saturated carbocycles. The molecule has 3 aliphatic rings. The highest BCUT2D eigenvalue weighted by atomic mass is 19.4. The highest BCUT2D eigenvalue weighted by Gasteiger charge is 2.64. The van der Waals surface area contributed by atoms with Crippen molar-refractivity contribution in [1.82, 2.24) is 19.7 Å². The number of aliphatic hydroxyl groups is 1. The van der Waals surface area contributed by atoms with Crippen molar-refractivity contribution in [3.8, 4) is 0 Å². The largest absolute Gasteiger partial charge is 0.433 e. The van der Waals surface area contributed by atoms with Gasteiger partial charge in [-0.3, -0.25) is 19.7 Å². The Morgan fingerprint density at radius 1 is 1.15 bits per heavy atom. The molecular formula is C25H30F4N4O. The zero-order valence-corrected chi connectivity index (χ0v) is 19.4. The number of pyridine rings is 1. The molecule has 0 radical (unpaired) electrons. The van der Waals surface area contributed by atoms with E-state index in [0.29, 0.717) is 24.6 Å². The van der Waals surface area contributed by atoms with Crippen molar-refractivity contribution >= 4 is 0 Å². The Bertz CT molecular complexity index is 1030. The van der Waals surface area contributed by atoms with Crippen LogP contribution in [0.2, 0.25) is 0 Å². The van der Waals surface area contributed by atoms with Crippen LogP contribution in [-0.2, 0) is 18.3 Å². The molecule has 0 amide bonds. The maximum Gasteiger partial charge on any atom is 0.433 e. The Hall–Kier alpha value is -2.07. The molecule has 1 atom stereocenters. The van der Waals surface area contributed by atoms with Crippen molar-refractivity contribution in [3.05, 3.63) is 65.2 Å². The van der Waals surface area contributed by atoms with E-state index in [1.54, 1.807) is 12.1 Å². The smallest absolute Gasteiger partial charge is 0.365 e. The molecule has 1 aromatic carbocycles. The number of hydrogen-bond donors (Lipinski definition) is 1. The fourth-order valence-corrected chi connectivity index (χ4v) is 5.83. The van der Waals surface area contributed by atoms with Crippen molar-refractivity contribution in [2.75, 3.05) is 27.2 Å². The highest BCUT2D eigenvalue weighted by Crippen LogP contribution is 2.58. The van der Waals surface area contributed by atoms with Crippen molar-refractivity contribution in [1.29, 1.82) is 0 Å². The summed E-state index contributed by atoms with van der Waals surface area (Å²) in [5.74, 6) is 0.292. The monoisotopic (exact) mass is 478 g/mol. The molecule has 1 aliphatic heterocycles. The van der Waals surface area contributed by atoms with E-state index in [9.17, 15) is 22.7 Å². The minimum atomic E-state index is -4.48. The summed E-state index contributed by atoms with van der Waals surface area (Å²) in [6.45, 7) is 1.69. The SMILES string of the molecule is CN(C)C1(c2cccc(F)c2)CC2(CN(Cc3ccc(C(F)(F)F)nc3)C(O)N2CC2CC2)C1. The molecule has 1 aromatic heterocycles. The van der Waals surface area contributed by atoms with Gasteiger partial charge in [0, 0.05) is 36.9 Å². The van der Waals surface area contributed by atoms with E-state index in [-0.39, 0.29) is 16.9 Å². The number of alkyl halides is 3. The summed E-state index contributed by atoms with van der Waals surface area (Å²) in [6.07, 6.45) is -0.298. The number of aromatic nitrogens is 1. The van der Waals surface area contributed by atoms with Gasteiger partial charge in [-0.05, 0) is 75.0 Å². The molecule has 0 bridgehead atoms. The first-order valence-electron chi connectivity index (χ1n) is 11.7. The van der Waals surface area contributed by atoms with Gasteiger partial charge >= 0.3 is 6.18 Å². The summed E-state index contributed by atoms with van der Waals surface area (Å²) in [5, 5.41) is 11.3. The van der Waals surface area contributed by atoms with Gasteiger partial charge in [-0.1, -0.05) is 18.2 Å². The van der Waals surface area contributed by atoms with Gasteiger partial charge in [0.2, 0.25) is 0 Å². The third-order valence-electron chi connectivity index (χ3n) is 7.83. The van der Waals surface area contributed by atoms with Crippen molar-refractivity contribution in [2.45, 2.75) is 55.8 Å². The van der Waals surface area contributed by atoms with E-state index < -0.39 is 18.2 Å². The molecule has 1 N–H and O–H groups in total. The lowest BCUT2D eigenvalue weighted by atomic mass is 9.58. The summed E-state index contributed by atoms with van der Waals surface area (Å²) in [5.41, 5.74) is 0.0103. The van der Waals surface area contributed by atoms with Gasteiger partial charge in [-0.15, -0.1) is 0 Å². The van der Waals surface area contributed by atoms with Crippen LogP contribution in [0.3, 0.4) is 0 Å². The summed E-state index contributed by atoms with van der Waals surface area (Å²) >= 11 is 0. The molecule has 2 aromatic rings. The van der Waals surface area contributed by atoms with Crippen LogP contribution in [0.25, 0.3) is 0 Å². The number of rotatable bonds is 6. The van der Waals surface area contributed by atoms with E-state index in [1.807, 2.05) is 25.1 Å². The van der Waals surface area contributed by atoms with E-state index in [0.717, 1.165) is 43.9 Å². The summed E-state index contributed by atoms with van der Waals surface area (Å²) in [7, 11) is 4.00. The normalized spacial score (nSPS) is 30.3. The second-order valence-corrected chi connectivity index (χ2v) is 10.4. The molecule has 1 saturated heterocycles. The van der Waals surface area contributed by atoms with Gasteiger partial charge in [0.25, 0.3) is 0 Å². The predicted molar refractivity (Wildman–Crippen MR) is 119 cm³/mol. The summed E-state index contributed by atoms with van der Waals surface area (Å²) in [6, 6.07) is 9.14. The van der Waals surface area contributed by atoms with Gasteiger partial charge in [0.15, 0.2) is 6.35 Å². The van der Waals surface area contributed by atoms with E-state index in [2.05, 4.69) is 14.8 Å². The predicted octanol–water partition coefficient (Wildman–Crippen LogP) is 4.03. The molecule has 34 heavy (non-hydrogen) atoms. The average Bonchev–Trinajstić information content (AvgIpc) is 3.52. The van der Waals surface area contributed by atoms with Gasteiger partial charge in [-0.25, -0.2) is 4.39 Å². The molecule has 184 valence electrons. The topological polar surface area (TPSA) is 42.8 Å². The zero-order chi connectivity index (χ0) is 24.3. The summed E-state index contributed by atoms with van der Waals surface area (Å²) < 4.78 is 52.7. The first-order valence-corrected chi connectivity index (χ1v) is 11.7. The van der Waals surface area contributed by atoms with Gasteiger partial charge in [0.05, 0.1) is 0 Å². The third kappa shape index (κ3) is 4.12. The Kier molecular flexibility index (Phi) is 5.75. The van der Waals surface area contributed by atoms with Crippen molar-refractivity contribution < 1.29 is 22.7 Å². The number of halogens is 4. The number of aliphatic hydroxyl groups excluding tert-OH is 1. The minimum absolute atomic E-state index is 0.266. The maximum atomic E-state index is 14.1. The van der Waals surface area contributed by atoms with Crippen LogP contribution >= 0.6 is 0 Å². The second-order valence-electron chi connectivity index (χ2n) is 10.4. The molecule has 5 nitrogen and oxygen atoms in total. The first-order chi connectivity index (χ1) is 16.0. The van der Waals surface area contributed by atoms with E-state index in [1.165, 1.54) is 18.3 Å². The van der Waals surface area contributed by atoms with Crippen molar-refractivity contribution in [2.24, 2.45) is 5.92 Å².